The van der Waals surface area contributed by atoms with Gasteiger partial charge in [0.1, 0.15) is 12.4 Å². The Kier molecular flexibility index (Phi) is 9.93. The minimum Gasteiger partial charge on any atom is -0.378 e. The first-order valence-electron chi connectivity index (χ1n) is 13.6. The molecule has 4 rings (SSSR count). The molecule has 2 heterocycles. The lowest BCUT2D eigenvalue weighted by molar-refractivity contribution is -0.0918. The quantitative estimate of drug-likeness (QED) is 0.152. The molecule has 0 bridgehead atoms. The Hall–Kier alpha value is -1.12. The number of halogens is 2. The molecule has 2 aliphatic carbocycles. The molecule has 0 aromatic carbocycles. The molecule has 4 aliphatic rings. The van der Waals surface area contributed by atoms with Crippen LogP contribution in [0.2, 0.25) is 0 Å². The van der Waals surface area contributed by atoms with Crippen molar-refractivity contribution < 1.29 is 19.7 Å². The molecule has 8 heteroatoms. The Balaban J connectivity index is 1.19. The monoisotopic (exact) mass is 511 g/mol. The van der Waals surface area contributed by atoms with Crippen LogP contribution in [-0.4, -0.2) is 58.0 Å². The molecule has 7 atom stereocenters. The third kappa shape index (κ3) is 7.45. The van der Waals surface area contributed by atoms with E-state index in [2.05, 4.69) is 22.0 Å². The number of hydrogen-bond donors (Lipinski definition) is 6. The molecule has 198 valence electrons. The summed E-state index contributed by atoms with van der Waals surface area (Å²) in [6.07, 6.45) is 13.6. The number of aliphatic hydroxyl groups excluding tert-OH is 2. The van der Waals surface area contributed by atoms with Crippen molar-refractivity contribution in [2.45, 2.75) is 113 Å². The van der Waals surface area contributed by atoms with Gasteiger partial charge in [-0.1, -0.05) is 23.8 Å². The van der Waals surface area contributed by atoms with Gasteiger partial charge in [-0.15, -0.1) is 11.6 Å². The fourth-order valence-corrected chi connectivity index (χ4v) is 6.51. The van der Waals surface area contributed by atoms with Crippen molar-refractivity contribution in [2.24, 2.45) is 11.8 Å². The fourth-order valence-electron chi connectivity index (χ4n) is 6.13. The summed E-state index contributed by atoms with van der Waals surface area (Å²) in [6.45, 7) is 1.08. The Morgan fingerprint density at radius 3 is 2.74 bits per heavy atom. The van der Waals surface area contributed by atoms with E-state index in [4.69, 9.17) is 11.6 Å². The van der Waals surface area contributed by atoms with Crippen LogP contribution in [0.15, 0.2) is 35.2 Å². The van der Waals surface area contributed by atoms with Crippen LogP contribution in [0.5, 0.6) is 0 Å². The second kappa shape index (κ2) is 12.9. The minimum absolute atomic E-state index is 0.298. The third-order valence-corrected chi connectivity index (χ3v) is 8.75. The molecule has 2 aliphatic heterocycles. The lowest BCUT2D eigenvalue weighted by Crippen LogP contribution is -2.53. The van der Waals surface area contributed by atoms with Gasteiger partial charge in [-0.3, -0.25) is 5.32 Å². The van der Waals surface area contributed by atoms with E-state index in [1.54, 1.807) is 11.6 Å². The van der Waals surface area contributed by atoms with Gasteiger partial charge in [0.15, 0.2) is 6.29 Å². The molecule has 6 nitrogen and oxygen atoms in total. The van der Waals surface area contributed by atoms with Gasteiger partial charge in [-0.05, 0) is 88.5 Å². The van der Waals surface area contributed by atoms with Gasteiger partial charge in [-0.25, -0.2) is 4.39 Å². The van der Waals surface area contributed by atoms with Gasteiger partial charge in [0.25, 0.3) is 0 Å². The second-order valence-corrected chi connectivity index (χ2v) is 11.4. The molecule has 0 saturated carbocycles. The van der Waals surface area contributed by atoms with E-state index in [-0.39, 0.29) is 0 Å². The summed E-state index contributed by atoms with van der Waals surface area (Å²) < 4.78 is 14.3. The van der Waals surface area contributed by atoms with E-state index in [0.717, 1.165) is 32.2 Å². The standard InChI is InChI=1S/C27H43ClFN3O3/c28-21-7-2-8-22(29)24(21)26(33)32-23(27(34)35)16-18-11-9-17(10-12-18)4-1-6-20-14-13-19-5-3-15-30-25(19)31-20/h2,8-9,18,20-24,26-27,30-35H,1,3-7,10-16H2. The van der Waals surface area contributed by atoms with E-state index in [0.29, 0.717) is 24.8 Å². The Labute approximate surface area is 214 Å². The van der Waals surface area contributed by atoms with Crippen molar-refractivity contribution >= 4 is 11.6 Å². The number of rotatable bonds is 10. The Morgan fingerprint density at radius 1 is 1.14 bits per heavy atom. The first-order chi connectivity index (χ1) is 16.9. The number of nitrogens with one attached hydrogen (secondary N) is 3. The number of allylic oxidation sites excluding steroid dienone is 5. The predicted octanol–water partition coefficient (Wildman–Crippen LogP) is 3.73. The van der Waals surface area contributed by atoms with Crippen molar-refractivity contribution in [1.29, 1.82) is 0 Å². The molecule has 0 aromatic rings. The molecule has 0 saturated heterocycles. The average molecular weight is 512 g/mol. The van der Waals surface area contributed by atoms with Crippen LogP contribution in [0.3, 0.4) is 0 Å². The second-order valence-electron chi connectivity index (χ2n) is 10.9. The summed E-state index contributed by atoms with van der Waals surface area (Å²) >= 11 is 6.23. The molecule has 35 heavy (non-hydrogen) atoms. The Bertz CT molecular complexity index is 790. The molecule has 0 aromatic heterocycles. The normalized spacial score (nSPS) is 33.0. The lowest BCUT2D eigenvalue weighted by atomic mass is 9.83. The molecule has 0 amide bonds. The first kappa shape index (κ1) is 26.9. The maximum Gasteiger partial charge on any atom is 0.167 e. The zero-order valence-corrected chi connectivity index (χ0v) is 21.4. The highest BCUT2D eigenvalue weighted by atomic mass is 35.5. The van der Waals surface area contributed by atoms with E-state index >= 15 is 0 Å². The van der Waals surface area contributed by atoms with Crippen LogP contribution in [0.25, 0.3) is 0 Å². The van der Waals surface area contributed by atoms with E-state index in [1.807, 2.05) is 0 Å². The van der Waals surface area contributed by atoms with Crippen molar-refractivity contribution in [2.75, 3.05) is 6.54 Å². The SMILES string of the molecule is OC(O)C(CC1CC=C(CCCC2CCC3=C(NCCC3)N2)CC1)NC(O)C1C(F)C=CCC1Cl. The molecule has 0 radical (unpaired) electrons. The largest absolute Gasteiger partial charge is 0.378 e. The van der Waals surface area contributed by atoms with Gasteiger partial charge in [0, 0.05) is 23.9 Å². The Morgan fingerprint density at radius 2 is 2.00 bits per heavy atom. The van der Waals surface area contributed by atoms with Gasteiger partial charge in [0.05, 0.1) is 11.9 Å². The highest BCUT2D eigenvalue weighted by molar-refractivity contribution is 6.21. The highest BCUT2D eigenvalue weighted by Gasteiger charge is 2.37. The summed E-state index contributed by atoms with van der Waals surface area (Å²) in [6, 6.07) is -0.159. The zero-order valence-electron chi connectivity index (χ0n) is 20.6. The zero-order chi connectivity index (χ0) is 24.8. The van der Waals surface area contributed by atoms with E-state index < -0.39 is 36.0 Å². The van der Waals surface area contributed by atoms with Crippen LogP contribution in [0, 0.1) is 11.8 Å². The van der Waals surface area contributed by atoms with E-state index in [1.165, 1.54) is 56.0 Å². The maximum absolute atomic E-state index is 14.3. The van der Waals surface area contributed by atoms with Crippen LogP contribution in [0.4, 0.5) is 4.39 Å². The first-order valence-corrected chi connectivity index (χ1v) is 14.0. The van der Waals surface area contributed by atoms with Crippen molar-refractivity contribution in [1.82, 2.24) is 16.0 Å². The van der Waals surface area contributed by atoms with Crippen molar-refractivity contribution in [3.8, 4) is 0 Å². The van der Waals surface area contributed by atoms with Crippen molar-refractivity contribution in [3.63, 3.8) is 0 Å². The lowest BCUT2D eigenvalue weighted by Gasteiger charge is -2.35. The fraction of sp³-hybridized carbons (Fsp3) is 0.778. The van der Waals surface area contributed by atoms with Crippen LogP contribution < -0.4 is 16.0 Å². The third-order valence-electron chi connectivity index (χ3n) is 8.28. The average Bonchev–Trinajstić information content (AvgIpc) is 2.84. The molecule has 0 fully saturated rings. The summed E-state index contributed by atoms with van der Waals surface area (Å²) in [5, 5.41) is 39.9. The summed E-state index contributed by atoms with van der Waals surface area (Å²) in [7, 11) is 0. The molecule has 7 unspecified atom stereocenters. The molecular formula is C27H43ClFN3O3. The van der Waals surface area contributed by atoms with Gasteiger partial charge in [0.2, 0.25) is 0 Å². The van der Waals surface area contributed by atoms with Crippen LogP contribution in [0.1, 0.15) is 77.0 Å². The summed E-state index contributed by atoms with van der Waals surface area (Å²) in [5.74, 6) is 0.790. The molecule has 0 spiro atoms. The highest BCUT2D eigenvalue weighted by Crippen LogP contribution is 2.33. The maximum atomic E-state index is 14.3. The van der Waals surface area contributed by atoms with Gasteiger partial charge >= 0.3 is 0 Å². The van der Waals surface area contributed by atoms with Crippen LogP contribution >= 0.6 is 11.6 Å². The number of aliphatic hydroxyl groups is 3. The molecular weight excluding hydrogens is 469 g/mol. The smallest absolute Gasteiger partial charge is 0.167 e. The van der Waals surface area contributed by atoms with Gasteiger partial charge < -0.3 is 26.0 Å². The molecule has 6 N–H and O–H groups in total. The topological polar surface area (TPSA) is 96.8 Å². The van der Waals surface area contributed by atoms with Gasteiger partial charge in [-0.2, -0.15) is 0 Å². The number of hydrogen-bond acceptors (Lipinski definition) is 6. The summed E-state index contributed by atoms with van der Waals surface area (Å²) in [5.41, 5.74) is 3.07. The number of alkyl halides is 2. The minimum atomic E-state index is -1.63. The predicted molar refractivity (Wildman–Crippen MR) is 137 cm³/mol. The summed E-state index contributed by atoms with van der Waals surface area (Å²) in [4.78, 5) is 0. The van der Waals surface area contributed by atoms with Crippen LogP contribution in [-0.2, 0) is 0 Å². The van der Waals surface area contributed by atoms with E-state index in [9.17, 15) is 19.7 Å². The van der Waals surface area contributed by atoms with Crippen molar-refractivity contribution in [3.05, 3.63) is 35.2 Å².